The minimum atomic E-state index is -0.240. The number of morpholine rings is 1. The van der Waals surface area contributed by atoms with Gasteiger partial charge in [-0.05, 0) is 69.8 Å². The summed E-state index contributed by atoms with van der Waals surface area (Å²) >= 11 is 0. The zero-order valence-electron chi connectivity index (χ0n) is 18.5. The van der Waals surface area contributed by atoms with Crippen molar-refractivity contribution in [2.45, 2.75) is 45.3 Å². The van der Waals surface area contributed by atoms with Gasteiger partial charge in [-0.25, -0.2) is 0 Å². The first-order chi connectivity index (χ1) is 15.1. The van der Waals surface area contributed by atoms with Crippen molar-refractivity contribution in [2.75, 3.05) is 42.9 Å². The topological polar surface area (TPSA) is 70.6 Å². The van der Waals surface area contributed by atoms with Crippen molar-refractivity contribution < 1.29 is 9.53 Å². The molecule has 0 spiro atoms. The third-order valence-corrected chi connectivity index (χ3v) is 6.20. The number of piperidine rings is 1. The maximum atomic E-state index is 12.3. The van der Waals surface area contributed by atoms with Crippen molar-refractivity contribution in [1.82, 2.24) is 15.1 Å². The van der Waals surface area contributed by atoms with Crippen LogP contribution in [0, 0.1) is 5.92 Å². The van der Waals surface area contributed by atoms with Crippen LogP contribution in [0.15, 0.2) is 42.5 Å². The highest BCUT2D eigenvalue weighted by molar-refractivity contribution is 6.02. The van der Waals surface area contributed by atoms with Gasteiger partial charge in [-0.2, -0.15) is 0 Å². The Labute approximate surface area is 184 Å². The number of benzene rings is 1. The van der Waals surface area contributed by atoms with E-state index in [0.717, 1.165) is 50.1 Å². The summed E-state index contributed by atoms with van der Waals surface area (Å²) in [4.78, 5) is 17.2. The smallest absolute Gasteiger partial charge is 0.276 e. The van der Waals surface area contributed by atoms with Crippen molar-refractivity contribution >= 4 is 17.4 Å². The number of anilines is 2. The van der Waals surface area contributed by atoms with E-state index in [0.29, 0.717) is 17.9 Å². The molecule has 31 heavy (non-hydrogen) atoms. The van der Waals surface area contributed by atoms with E-state index in [4.69, 9.17) is 4.74 Å². The maximum absolute atomic E-state index is 12.3. The molecule has 1 aromatic heterocycles. The number of nitrogens with zero attached hydrogens (tertiary/aromatic N) is 4. The molecule has 2 aliphatic heterocycles. The third-order valence-electron chi connectivity index (χ3n) is 6.20. The molecular weight excluding hydrogens is 390 g/mol. The molecule has 3 heterocycles. The third kappa shape index (κ3) is 6.02. The number of amides is 1. The molecule has 2 aromatic rings. The molecule has 2 fully saturated rings. The van der Waals surface area contributed by atoms with Crippen LogP contribution in [0.1, 0.15) is 43.6 Å². The van der Waals surface area contributed by atoms with Crippen LogP contribution in [0.25, 0.3) is 0 Å². The average molecular weight is 424 g/mol. The van der Waals surface area contributed by atoms with Crippen LogP contribution < -0.4 is 10.2 Å². The Kier molecular flexibility index (Phi) is 7.14. The van der Waals surface area contributed by atoms with E-state index in [1.54, 1.807) is 6.07 Å². The predicted octanol–water partition coefficient (Wildman–Crippen LogP) is 3.44. The van der Waals surface area contributed by atoms with E-state index >= 15 is 0 Å². The molecule has 0 saturated carbocycles. The van der Waals surface area contributed by atoms with Gasteiger partial charge >= 0.3 is 0 Å². The summed E-state index contributed by atoms with van der Waals surface area (Å²) in [5, 5.41) is 11.3. The lowest BCUT2D eigenvalue weighted by Gasteiger charge is -2.37. The summed E-state index contributed by atoms with van der Waals surface area (Å²) in [7, 11) is 0. The number of hydrogen-bond acceptors (Lipinski definition) is 6. The number of ether oxygens (including phenoxy) is 1. The van der Waals surface area contributed by atoms with Crippen LogP contribution in [0.2, 0.25) is 0 Å². The minimum absolute atomic E-state index is 0.240. The summed E-state index contributed by atoms with van der Waals surface area (Å²) in [5.41, 5.74) is 1.08. The van der Waals surface area contributed by atoms with E-state index < -0.39 is 0 Å². The fraction of sp³-hybridized carbons (Fsp3) is 0.542. The molecule has 0 bridgehead atoms. The summed E-state index contributed by atoms with van der Waals surface area (Å²) in [5.74, 6) is 1.37. The molecule has 7 heteroatoms. The van der Waals surface area contributed by atoms with E-state index in [1.165, 1.54) is 19.3 Å². The minimum Gasteiger partial charge on any atom is -0.373 e. The monoisotopic (exact) mass is 423 g/mol. The number of rotatable bonds is 6. The summed E-state index contributed by atoms with van der Waals surface area (Å²) in [6, 6.07) is 13.0. The van der Waals surface area contributed by atoms with Gasteiger partial charge in [0.15, 0.2) is 11.5 Å². The lowest BCUT2D eigenvalue weighted by molar-refractivity contribution is -0.0690. The Morgan fingerprint density at radius 3 is 2.39 bits per heavy atom. The van der Waals surface area contributed by atoms with Gasteiger partial charge in [0.25, 0.3) is 5.91 Å². The molecule has 2 atom stereocenters. The number of carbonyl (C=O) groups excluding carboxylic acids is 1. The molecule has 0 radical (unpaired) electrons. The summed E-state index contributed by atoms with van der Waals surface area (Å²) < 4.78 is 5.84. The highest BCUT2D eigenvalue weighted by Crippen LogP contribution is 2.25. The van der Waals surface area contributed by atoms with Crippen LogP contribution >= 0.6 is 0 Å². The largest absolute Gasteiger partial charge is 0.373 e. The standard InChI is InChI=1S/C24H33N5O2/c1-18-16-28(17-19(2)31-18)13-10-20-11-14-29(15-12-20)23-9-8-22(26-27-23)24(30)25-21-6-4-3-5-7-21/h3-9,18-20H,10-17H2,1-2H3,(H,25,30). The fourth-order valence-corrected chi connectivity index (χ4v) is 4.61. The van der Waals surface area contributed by atoms with Gasteiger partial charge in [-0.3, -0.25) is 9.69 Å². The first kappa shape index (κ1) is 21.7. The zero-order chi connectivity index (χ0) is 21.6. The predicted molar refractivity (Wildman–Crippen MR) is 122 cm³/mol. The quantitative estimate of drug-likeness (QED) is 0.768. The molecule has 2 unspecified atom stereocenters. The van der Waals surface area contributed by atoms with Gasteiger partial charge in [0.2, 0.25) is 0 Å². The Morgan fingerprint density at radius 1 is 1.03 bits per heavy atom. The zero-order valence-corrected chi connectivity index (χ0v) is 18.5. The van der Waals surface area contributed by atoms with Gasteiger partial charge in [0.1, 0.15) is 0 Å². The number of aromatic nitrogens is 2. The molecule has 4 rings (SSSR count). The molecule has 166 valence electrons. The van der Waals surface area contributed by atoms with Crippen LogP contribution in [0.3, 0.4) is 0 Å². The van der Waals surface area contributed by atoms with E-state index in [-0.39, 0.29) is 5.91 Å². The molecular formula is C24H33N5O2. The number of nitrogens with one attached hydrogen (secondary N) is 1. The van der Waals surface area contributed by atoms with Crippen LogP contribution in [-0.4, -0.2) is 65.9 Å². The average Bonchev–Trinajstić information content (AvgIpc) is 2.78. The Bertz CT molecular complexity index is 827. The number of carbonyl (C=O) groups is 1. The SMILES string of the molecule is CC1CN(CCC2CCN(c3ccc(C(=O)Nc4ccccc4)nn3)CC2)CC(C)O1. The van der Waals surface area contributed by atoms with E-state index in [9.17, 15) is 4.79 Å². The lowest BCUT2D eigenvalue weighted by Crippen LogP contribution is -2.46. The lowest BCUT2D eigenvalue weighted by atomic mass is 9.93. The van der Waals surface area contributed by atoms with Gasteiger partial charge in [0, 0.05) is 31.9 Å². The van der Waals surface area contributed by atoms with Crippen LogP contribution in [-0.2, 0) is 4.74 Å². The van der Waals surface area contributed by atoms with Crippen molar-refractivity contribution in [2.24, 2.45) is 5.92 Å². The normalized spacial score (nSPS) is 23.0. The second kappa shape index (κ2) is 10.2. The second-order valence-corrected chi connectivity index (χ2v) is 8.83. The Balaban J connectivity index is 1.23. The fourth-order valence-electron chi connectivity index (χ4n) is 4.61. The van der Waals surface area contributed by atoms with E-state index in [2.05, 4.69) is 39.2 Å². The summed E-state index contributed by atoms with van der Waals surface area (Å²) in [6.07, 6.45) is 4.27. The molecule has 7 nitrogen and oxygen atoms in total. The highest BCUT2D eigenvalue weighted by Gasteiger charge is 2.25. The molecule has 1 aromatic carbocycles. The Hall–Kier alpha value is -2.51. The van der Waals surface area contributed by atoms with Crippen molar-refractivity contribution in [3.8, 4) is 0 Å². The second-order valence-electron chi connectivity index (χ2n) is 8.83. The van der Waals surface area contributed by atoms with E-state index in [1.807, 2.05) is 36.4 Å². The number of para-hydroxylation sites is 1. The van der Waals surface area contributed by atoms with Crippen molar-refractivity contribution in [3.63, 3.8) is 0 Å². The van der Waals surface area contributed by atoms with Crippen molar-refractivity contribution in [3.05, 3.63) is 48.2 Å². The molecule has 1 amide bonds. The maximum Gasteiger partial charge on any atom is 0.276 e. The number of hydrogen-bond donors (Lipinski definition) is 1. The molecule has 2 saturated heterocycles. The first-order valence-corrected chi connectivity index (χ1v) is 11.4. The van der Waals surface area contributed by atoms with Gasteiger partial charge in [-0.15, -0.1) is 10.2 Å². The van der Waals surface area contributed by atoms with Gasteiger partial charge < -0.3 is 15.0 Å². The highest BCUT2D eigenvalue weighted by atomic mass is 16.5. The molecule has 2 aliphatic rings. The molecule has 0 aliphatic carbocycles. The van der Waals surface area contributed by atoms with Crippen molar-refractivity contribution in [1.29, 1.82) is 0 Å². The van der Waals surface area contributed by atoms with Gasteiger partial charge in [0.05, 0.1) is 12.2 Å². The first-order valence-electron chi connectivity index (χ1n) is 11.4. The van der Waals surface area contributed by atoms with Gasteiger partial charge in [-0.1, -0.05) is 18.2 Å². The summed E-state index contributed by atoms with van der Waals surface area (Å²) in [6.45, 7) is 9.56. The van der Waals surface area contributed by atoms with Crippen LogP contribution in [0.4, 0.5) is 11.5 Å². The van der Waals surface area contributed by atoms with Crippen LogP contribution in [0.5, 0.6) is 0 Å². The molecule has 1 N–H and O–H groups in total. The Morgan fingerprint density at radius 2 is 1.74 bits per heavy atom.